The van der Waals surface area contributed by atoms with E-state index in [2.05, 4.69) is 0 Å². The first-order valence-corrected chi connectivity index (χ1v) is 8.68. The van der Waals surface area contributed by atoms with E-state index in [0.717, 1.165) is 0 Å². The number of primary amides is 2. The molecule has 2 rings (SSSR count). The quantitative estimate of drug-likeness (QED) is 0.674. The summed E-state index contributed by atoms with van der Waals surface area (Å²) in [4.78, 5) is 38.9. The Morgan fingerprint density at radius 3 is 2.29 bits per heavy atom. The number of hydrogen-bond acceptors (Lipinski definition) is 4. The van der Waals surface area contributed by atoms with Gasteiger partial charge >= 0.3 is 0 Å². The van der Waals surface area contributed by atoms with Crippen molar-refractivity contribution in [1.82, 2.24) is 4.90 Å². The van der Waals surface area contributed by atoms with E-state index in [0.29, 0.717) is 11.3 Å². The first kappa shape index (κ1) is 21.0. The average molecular weight is 386 g/mol. The minimum absolute atomic E-state index is 0.00646. The molecule has 2 aromatic carbocycles. The molecule has 0 aliphatic carbocycles. The van der Waals surface area contributed by atoms with Gasteiger partial charge in [0.05, 0.1) is 6.54 Å². The van der Waals surface area contributed by atoms with E-state index in [1.807, 2.05) is 0 Å². The summed E-state index contributed by atoms with van der Waals surface area (Å²) in [7, 11) is 1.55. The average Bonchev–Trinajstić information content (AvgIpc) is 2.62. The van der Waals surface area contributed by atoms with Crippen LogP contribution in [-0.4, -0.2) is 42.8 Å². The minimum atomic E-state index is -0.978. The van der Waals surface area contributed by atoms with Gasteiger partial charge in [-0.3, -0.25) is 19.3 Å². The first-order valence-electron chi connectivity index (χ1n) is 8.68. The van der Waals surface area contributed by atoms with Gasteiger partial charge in [0.15, 0.2) is 0 Å². The molecule has 0 bridgehead atoms. The molecule has 1 atom stereocenters. The van der Waals surface area contributed by atoms with E-state index in [1.54, 1.807) is 43.4 Å². The topological polar surface area (TPSA) is 110 Å². The lowest BCUT2D eigenvalue weighted by Gasteiger charge is -2.29. The molecule has 0 fully saturated rings. The molecule has 0 radical (unpaired) electrons. The SMILES string of the molecule is CN(CC(=O)N(CCC(N)=O)c1ccccc1)C(C(N)=O)c1cccc(F)c1. The third-order valence-corrected chi connectivity index (χ3v) is 4.21. The van der Waals surface area contributed by atoms with Gasteiger partial charge in [-0.05, 0) is 36.9 Å². The highest BCUT2D eigenvalue weighted by molar-refractivity contribution is 5.95. The van der Waals surface area contributed by atoms with E-state index in [1.165, 1.54) is 28.0 Å². The Balaban J connectivity index is 2.22. The Morgan fingerprint density at radius 1 is 1.04 bits per heavy atom. The van der Waals surface area contributed by atoms with Gasteiger partial charge in [0.1, 0.15) is 11.9 Å². The van der Waals surface area contributed by atoms with Gasteiger partial charge in [-0.1, -0.05) is 30.3 Å². The molecule has 2 aromatic rings. The lowest BCUT2D eigenvalue weighted by atomic mass is 10.0. The van der Waals surface area contributed by atoms with Crippen molar-refractivity contribution in [2.24, 2.45) is 11.5 Å². The molecule has 4 N–H and O–H groups in total. The number of benzene rings is 2. The van der Waals surface area contributed by atoms with Crippen LogP contribution in [0.5, 0.6) is 0 Å². The number of likely N-dealkylation sites (N-methyl/N-ethyl adjacent to an activating group) is 1. The van der Waals surface area contributed by atoms with Crippen molar-refractivity contribution in [2.45, 2.75) is 12.5 Å². The lowest BCUT2D eigenvalue weighted by molar-refractivity contribution is -0.125. The van der Waals surface area contributed by atoms with Crippen LogP contribution >= 0.6 is 0 Å². The molecule has 8 heteroatoms. The van der Waals surface area contributed by atoms with Gasteiger partial charge in [0, 0.05) is 18.7 Å². The summed E-state index contributed by atoms with van der Waals surface area (Å²) in [6, 6.07) is 13.3. The molecule has 0 aliphatic heterocycles. The number of carbonyl (C=O) groups excluding carboxylic acids is 3. The van der Waals surface area contributed by atoms with Crippen molar-refractivity contribution in [3.8, 4) is 0 Å². The molecule has 0 aromatic heterocycles. The predicted molar refractivity (Wildman–Crippen MR) is 104 cm³/mol. The van der Waals surface area contributed by atoms with Crippen molar-refractivity contribution < 1.29 is 18.8 Å². The Bertz CT molecular complexity index is 844. The zero-order chi connectivity index (χ0) is 20.7. The van der Waals surface area contributed by atoms with Crippen molar-refractivity contribution in [3.05, 3.63) is 66.0 Å². The van der Waals surface area contributed by atoms with Gasteiger partial charge in [-0.25, -0.2) is 4.39 Å². The number of nitrogens with two attached hydrogens (primary N) is 2. The second-order valence-electron chi connectivity index (χ2n) is 6.37. The Kier molecular flexibility index (Phi) is 7.22. The highest BCUT2D eigenvalue weighted by Crippen LogP contribution is 2.21. The third kappa shape index (κ3) is 5.62. The van der Waals surface area contributed by atoms with Crippen LogP contribution < -0.4 is 16.4 Å². The van der Waals surface area contributed by atoms with Gasteiger partial charge in [-0.15, -0.1) is 0 Å². The number of hydrogen-bond donors (Lipinski definition) is 2. The molecular weight excluding hydrogens is 363 g/mol. The molecule has 0 aliphatic rings. The number of rotatable bonds is 9. The van der Waals surface area contributed by atoms with Crippen LogP contribution in [0.3, 0.4) is 0 Å². The van der Waals surface area contributed by atoms with Crippen LogP contribution in [0.25, 0.3) is 0 Å². The van der Waals surface area contributed by atoms with Crippen molar-refractivity contribution in [2.75, 3.05) is 25.0 Å². The Morgan fingerprint density at radius 2 is 1.71 bits per heavy atom. The minimum Gasteiger partial charge on any atom is -0.370 e. The lowest BCUT2D eigenvalue weighted by Crippen LogP contribution is -2.44. The highest BCUT2D eigenvalue weighted by atomic mass is 19.1. The van der Waals surface area contributed by atoms with Crippen LogP contribution in [0.1, 0.15) is 18.0 Å². The number of nitrogens with zero attached hydrogens (tertiary/aromatic N) is 2. The molecule has 0 saturated heterocycles. The molecule has 148 valence electrons. The molecule has 0 spiro atoms. The monoisotopic (exact) mass is 386 g/mol. The summed E-state index contributed by atoms with van der Waals surface area (Å²) in [5, 5.41) is 0. The molecule has 28 heavy (non-hydrogen) atoms. The fourth-order valence-electron chi connectivity index (χ4n) is 2.93. The van der Waals surface area contributed by atoms with E-state index in [9.17, 15) is 18.8 Å². The van der Waals surface area contributed by atoms with Crippen LogP contribution in [0.15, 0.2) is 54.6 Å². The summed E-state index contributed by atoms with van der Waals surface area (Å²) >= 11 is 0. The van der Waals surface area contributed by atoms with Gasteiger partial charge in [-0.2, -0.15) is 0 Å². The molecule has 0 heterocycles. The molecular formula is C20H23FN4O3. The van der Waals surface area contributed by atoms with Gasteiger partial charge in [0.25, 0.3) is 0 Å². The predicted octanol–water partition coefficient (Wildman–Crippen LogP) is 1.19. The molecule has 0 saturated carbocycles. The Hall–Kier alpha value is -3.26. The van der Waals surface area contributed by atoms with E-state index in [-0.39, 0.29) is 25.4 Å². The van der Waals surface area contributed by atoms with Crippen molar-refractivity contribution >= 4 is 23.4 Å². The van der Waals surface area contributed by atoms with Crippen LogP contribution in [0.4, 0.5) is 10.1 Å². The van der Waals surface area contributed by atoms with Crippen LogP contribution in [0.2, 0.25) is 0 Å². The van der Waals surface area contributed by atoms with Crippen molar-refractivity contribution in [3.63, 3.8) is 0 Å². The van der Waals surface area contributed by atoms with Crippen molar-refractivity contribution in [1.29, 1.82) is 0 Å². The summed E-state index contributed by atoms with van der Waals surface area (Å²) in [6.45, 7) is -0.0645. The number of halogens is 1. The fraction of sp³-hybridized carbons (Fsp3) is 0.250. The summed E-state index contributed by atoms with van der Waals surface area (Å²) < 4.78 is 13.6. The standard InChI is InChI=1S/C20H23FN4O3/c1-24(19(20(23)28)14-6-5-7-15(21)12-14)13-18(27)25(11-10-17(22)26)16-8-3-2-4-9-16/h2-9,12,19H,10-11,13H2,1H3,(H2,22,26)(H2,23,28). The number of anilines is 1. The smallest absolute Gasteiger partial charge is 0.241 e. The van der Waals surface area contributed by atoms with Crippen LogP contribution in [0, 0.1) is 5.82 Å². The maximum atomic E-state index is 13.6. The van der Waals surface area contributed by atoms with E-state index >= 15 is 0 Å². The first-order chi connectivity index (χ1) is 13.3. The molecule has 3 amide bonds. The maximum absolute atomic E-state index is 13.6. The second kappa shape index (κ2) is 9.61. The molecule has 7 nitrogen and oxygen atoms in total. The van der Waals surface area contributed by atoms with E-state index < -0.39 is 23.7 Å². The highest BCUT2D eigenvalue weighted by Gasteiger charge is 2.27. The van der Waals surface area contributed by atoms with Crippen LogP contribution in [-0.2, 0) is 14.4 Å². The van der Waals surface area contributed by atoms with Gasteiger partial charge in [0.2, 0.25) is 17.7 Å². The van der Waals surface area contributed by atoms with E-state index in [4.69, 9.17) is 11.5 Å². The zero-order valence-electron chi connectivity index (χ0n) is 15.5. The molecule has 1 unspecified atom stereocenters. The van der Waals surface area contributed by atoms with Gasteiger partial charge < -0.3 is 16.4 Å². The number of amides is 3. The summed E-state index contributed by atoms with van der Waals surface area (Å²) in [5.41, 5.74) is 11.7. The number of carbonyl (C=O) groups is 3. The zero-order valence-corrected chi connectivity index (χ0v) is 15.5. The Labute approximate surface area is 162 Å². The largest absolute Gasteiger partial charge is 0.370 e. The summed E-state index contributed by atoms with van der Waals surface area (Å²) in [5.74, 6) is -2.09. The second-order valence-corrected chi connectivity index (χ2v) is 6.37. The summed E-state index contributed by atoms with van der Waals surface area (Å²) in [6.07, 6.45) is -0.00646. The number of para-hydroxylation sites is 1. The maximum Gasteiger partial charge on any atom is 0.241 e. The fourth-order valence-corrected chi connectivity index (χ4v) is 2.93. The normalized spacial score (nSPS) is 11.8. The third-order valence-electron chi connectivity index (χ3n) is 4.21.